The van der Waals surface area contributed by atoms with Gasteiger partial charge >= 0.3 is 0 Å². The van der Waals surface area contributed by atoms with E-state index in [-0.39, 0.29) is 0 Å². The minimum Gasteiger partial charge on any atom is -0.399 e. The number of anilines is 1. The Morgan fingerprint density at radius 1 is 1.33 bits per heavy atom. The summed E-state index contributed by atoms with van der Waals surface area (Å²) in [5.74, 6) is 0. The lowest BCUT2D eigenvalue weighted by Gasteiger charge is -2.04. The molecule has 0 fully saturated rings. The van der Waals surface area contributed by atoms with Gasteiger partial charge in [-0.2, -0.15) is 5.10 Å². The normalized spacial score (nSPS) is 10.5. The van der Waals surface area contributed by atoms with Crippen LogP contribution in [0.4, 0.5) is 5.69 Å². The van der Waals surface area contributed by atoms with E-state index in [4.69, 9.17) is 5.73 Å². The highest BCUT2D eigenvalue weighted by Crippen LogP contribution is 2.07. The molecule has 4 nitrogen and oxygen atoms in total. The third-order valence-corrected chi connectivity index (χ3v) is 2.26. The van der Waals surface area contributed by atoms with Crippen molar-refractivity contribution in [3.05, 3.63) is 41.5 Å². The third kappa shape index (κ3) is 2.15. The first-order valence-electron chi connectivity index (χ1n) is 4.86. The molecule has 4 heteroatoms. The Labute approximate surface area is 88.8 Å². The van der Waals surface area contributed by atoms with E-state index < -0.39 is 0 Å². The lowest BCUT2D eigenvalue weighted by Crippen LogP contribution is -2.05. The average Bonchev–Trinajstić information content (AvgIpc) is 2.45. The summed E-state index contributed by atoms with van der Waals surface area (Å²) in [5, 5.41) is 4.37. The van der Waals surface area contributed by atoms with Crippen molar-refractivity contribution in [2.45, 2.75) is 20.4 Å². The molecule has 0 unspecified atom stereocenters. The molecule has 15 heavy (non-hydrogen) atoms. The number of aromatic nitrogens is 3. The molecule has 0 atom stereocenters. The summed E-state index contributed by atoms with van der Waals surface area (Å²) < 4.78 is 1.93. The molecule has 2 aromatic heterocycles. The zero-order chi connectivity index (χ0) is 10.8. The fourth-order valence-electron chi connectivity index (χ4n) is 1.57. The van der Waals surface area contributed by atoms with Gasteiger partial charge in [0, 0.05) is 17.6 Å². The van der Waals surface area contributed by atoms with Gasteiger partial charge in [-0.3, -0.25) is 9.67 Å². The molecule has 0 aliphatic rings. The number of nitrogen functional groups attached to an aromatic ring is 1. The van der Waals surface area contributed by atoms with Gasteiger partial charge in [-0.15, -0.1) is 0 Å². The van der Waals surface area contributed by atoms with Crippen LogP contribution in [-0.2, 0) is 6.54 Å². The van der Waals surface area contributed by atoms with Crippen molar-refractivity contribution >= 4 is 5.69 Å². The van der Waals surface area contributed by atoms with Gasteiger partial charge in [-0.25, -0.2) is 0 Å². The van der Waals surface area contributed by atoms with Crippen molar-refractivity contribution in [1.29, 1.82) is 0 Å². The molecule has 0 radical (unpaired) electrons. The van der Waals surface area contributed by atoms with Gasteiger partial charge in [-0.1, -0.05) is 0 Å². The van der Waals surface area contributed by atoms with E-state index >= 15 is 0 Å². The molecule has 78 valence electrons. The molecule has 0 amide bonds. The highest BCUT2D eigenvalue weighted by Gasteiger charge is 2.02. The molecule has 2 N–H and O–H groups in total. The Morgan fingerprint density at radius 3 is 2.73 bits per heavy atom. The van der Waals surface area contributed by atoms with E-state index in [2.05, 4.69) is 10.1 Å². The maximum Gasteiger partial charge on any atom is 0.0835 e. The maximum absolute atomic E-state index is 5.69. The first kappa shape index (κ1) is 9.71. The second-order valence-electron chi connectivity index (χ2n) is 3.67. The number of nitrogens with two attached hydrogens (primary N) is 1. The standard InChI is InChI=1S/C11H14N4/c1-8-5-9(2)15(14-8)7-11-6-10(12)3-4-13-11/h3-6H,7H2,1-2H3,(H2,12,13). The number of hydrogen-bond acceptors (Lipinski definition) is 3. The minimum atomic E-state index is 0.671. The Kier molecular flexibility index (Phi) is 2.41. The first-order valence-corrected chi connectivity index (χ1v) is 4.86. The second kappa shape index (κ2) is 3.73. The Hall–Kier alpha value is -1.84. The van der Waals surface area contributed by atoms with Crippen molar-refractivity contribution in [3.8, 4) is 0 Å². The van der Waals surface area contributed by atoms with E-state index in [1.807, 2.05) is 30.7 Å². The van der Waals surface area contributed by atoms with Crippen LogP contribution in [0.2, 0.25) is 0 Å². The van der Waals surface area contributed by atoms with Crippen LogP contribution in [-0.4, -0.2) is 14.8 Å². The van der Waals surface area contributed by atoms with Crippen molar-refractivity contribution in [1.82, 2.24) is 14.8 Å². The molecule has 0 bridgehead atoms. The molecule has 0 saturated heterocycles. The topological polar surface area (TPSA) is 56.7 Å². The number of hydrogen-bond donors (Lipinski definition) is 1. The van der Waals surface area contributed by atoms with Gasteiger partial charge in [0.15, 0.2) is 0 Å². The van der Waals surface area contributed by atoms with Gasteiger partial charge < -0.3 is 5.73 Å². The quantitative estimate of drug-likeness (QED) is 0.803. The van der Waals surface area contributed by atoms with Gasteiger partial charge in [0.2, 0.25) is 0 Å². The van der Waals surface area contributed by atoms with Crippen molar-refractivity contribution in [3.63, 3.8) is 0 Å². The molecule has 0 spiro atoms. The van der Waals surface area contributed by atoms with Crippen molar-refractivity contribution < 1.29 is 0 Å². The molecule has 0 aromatic carbocycles. The molecule has 0 saturated carbocycles. The molecule has 2 aromatic rings. The van der Waals surface area contributed by atoms with Gasteiger partial charge in [0.25, 0.3) is 0 Å². The number of aryl methyl sites for hydroxylation is 2. The average molecular weight is 202 g/mol. The molecular formula is C11H14N4. The monoisotopic (exact) mass is 202 g/mol. The fraction of sp³-hybridized carbons (Fsp3) is 0.273. The van der Waals surface area contributed by atoms with Crippen LogP contribution in [0.15, 0.2) is 24.4 Å². The first-order chi connectivity index (χ1) is 7.15. The summed E-state index contributed by atoms with van der Waals surface area (Å²) in [6.45, 7) is 4.69. The molecular weight excluding hydrogens is 188 g/mol. The smallest absolute Gasteiger partial charge is 0.0835 e. The highest BCUT2D eigenvalue weighted by molar-refractivity contribution is 5.37. The van der Waals surface area contributed by atoms with E-state index in [9.17, 15) is 0 Å². The van der Waals surface area contributed by atoms with Crippen molar-refractivity contribution in [2.24, 2.45) is 0 Å². The number of pyridine rings is 1. The van der Waals surface area contributed by atoms with Gasteiger partial charge in [0.05, 0.1) is 17.9 Å². The zero-order valence-corrected chi connectivity index (χ0v) is 8.94. The van der Waals surface area contributed by atoms with E-state index in [1.165, 1.54) is 0 Å². The summed E-state index contributed by atoms with van der Waals surface area (Å²) in [7, 11) is 0. The Balaban J connectivity index is 2.25. The van der Waals surface area contributed by atoms with Gasteiger partial charge in [0.1, 0.15) is 0 Å². The number of nitrogens with zero attached hydrogens (tertiary/aromatic N) is 3. The third-order valence-electron chi connectivity index (χ3n) is 2.26. The SMILES string of the molecule is Cc1cc(C)n(Cc2cc(N)ccn2)n1. The number of rotatable bonds is 2. The van der Waals surface area contributed by atoms with Crippen LogP contribution in [0.3, 0.4) is 0 Å². The highest BCUT2D eigenvalue weighted by atomic mass is 15.3. The lowest BCUT2D eigenvalue weighted by atomic mass is 10.3. The molecule has 2 rings (SSSR count). The van der Waals surface area contributed by atoms with Crippen LogP contribution in [0.5, 0.6) is 0 Å². The largest absolute Gasteiger partial charge is 0.399 e. The minimum absolute atomic E-state index is 0.671. The van der Waals surface area contributed by atoms with Crippen molar-refractivity contribution in [2.75, 3.05) is 5.73 Å². The van der Waals surface area contributed by atoms with Crippen LogP contribution in [0.1, 0.15) is 17.1 Å². The van der Waals surface area contributed by atoms with Gasteiger partial charge in [-0.05, 0) is 32.0 Å². The van der Waals surface area contributed by atoms with Crippen LogP contribution >= 0.6 is 0 Å². The van der Waals surface area contributed by atoms with Crippen LogP contribution in [0, 0.1) is 13.8 Å². The second-order valence-corrected chi connectivity index (χ2v) is 3.67. The molecule has 2 heterocycles. The Morgan fingerprint density at radius 2 is 2.13 bits per heavy atom. The summed E-state index contributed by atoms with van der Waals surface area (Å²) >= 11 is 0. The van der Waals surface area contributed by atoms with E-state index in [0.29, 0.717) is 6.54 Å². The summed E-state index contributed by atoms with van der Waals surface area (Å²) in [4.78, 5) is 4.24. The molecule has 0 aliphatic heterocycles. The van der Waals surface area contributed by atoms with Crippen LogP contribution < -0.4 is 5.73 Å². The maximum atomic E-state index is 5.69. The zero-order valence-electron chi connectivity index (χ0n) is 8.94. The van der Waals surface area contributed by atoms with E-state index in [0.717, 1.165) is 22.8 Å². The van der Waals surface area contributed by atoms with Crippen LogP contribution in [0.25, 0.3) is 0 Å². The predicted molar refractivity (Wildman–Crippen MR) is 59.5 cm³/mol. The molecule has 0 aliphatic carbocycles. The lowest BCUT2D eigenvalue weighted by molar-refractivity contribution is 0.647. The predicted octanol–water partition coefficient (Wildman–Crippen LogP) is 1.53. The summed E-state index contributed by atoms with van der Waals surface area (Å²) in [6.07, 6.45) is 1.72. The Bertz CT molecular complexity index is 473. The summed E-state index contributed by atoms with van der Waals surface area (Å²) in [6, 6.07) is 5.70. The van der Waals surface area contributed by atoms with E-state index in [1.54, 1.807) is 12.3 Å². The summed E-state index contributed by atoms with van der Waals surface area (Å²) in [5.41, 5.74) is 9.52. The fourth-order valence-corrected chi connectivity index (χ4v) is 1.57.